The quantitative estimate of drug-likeness (QED) is 0.675. The molecule has 12 heavy (non-hydrogen) atoms. The van der Waals surface area contributed by atoms with Crippen molar-refractivity contribution in [1.29, 1.82) is 0 Å². The maximum atomic E-state index is 9.50. The van der Waals surface area contributed by atoms with Crippen LogP contribution in [0.15, 0.2) is 0 Å². The van der Waals surface area contributed by atoms with Gasteiger partial charge in [0.2, 0.25) is 0 Å². The Balaban J connectivity index is 1.84. The second-order valence-corrected chi connectivity index (χ2v) is 4.37. The predicted molar refractivity (Wildman–Crippen MR) is 49.0 cm³/mol. The molecule has 0 aromatic rings. The van der Waals surface area contributed by atoms with Crippen molar-refractivity contribution in [2.45, 2.75) is 56.7 Å². The van der Waals surface area contributed by atoms with Gasteiger partial charge < -0.3 is 10.0 Å². The molecule has 2 aliphatic carbocycles. The van der Waals surface area contributed by atoms with Gasteiger partial charge in [0.1, 0.15) is 0 Å². The normalized spacial score (nSPS) is 37.2. The topological polar surface area (TPSA) is 23.5 Å². The Morgan fingerprint density at radius 3 is 2.42 bits per heavy atom. The summed E-state index contributed by atoms with van der Waals surface area (Å²) in [6.07, 6.45) is 7.27. The van der Waals surface area contributed by atoms with E-state index in [1.54, 1.807) is 0 Å². The summed E-state index contributed by atoms with van der Waals surface area (Å²) < 4.78 is 0. The molecule has 0 heterocycles. The molecule has 2 nitrogen and oxygen atoms in total. The highest BCUT2D eigenvalue weighted by Gasteiger charge is 2.33. The molecule has 2 unspecified atom stereocenters. The molecule has 1 N–H and O–H groups in total. The van der Waals surface area contributed by atoms with Crippen LogP contribution in [-0.2, 0) is 0 Å². The van der Waals surface area contributed by atoms with E-state index in [1.165, 1.54) is 25.7 Å². The van der Waals surface area contributed by atoms with E-state index in [4.69, 9.17) is 0 Å². The van der Waals surface area contributed by atoms with Crippen molar-refractivity contribution in [3.8, 4) is 0 Å². The molecule has 2 rings (SSSR count). The SMILES string of the molecule is CN(C1CC1)C1CCCC(O)C1. The molecule has 0 amide bonds. The van der Waals surface area contributed by atoms with Crippen LogP contribution in [0.1, 0.15) is 38.5 Å². The minimum atomic E-state index is -0.0232. The average Bonchev–Trinajstić information content (AvgIpc) is 2.85. The molecular formula is C10H19NO. The van der Waals surface area contributed by atoms with Crippen LogP contribution in [0.3, 0.4) is 0 Å². The number of nitrogens with zero attached hydrogens (tertiary/aromatic N) is 1. The summed E-state index contributed by atoms with van der Waals surface area (Å²) >= 11 is 0. The fraction of sp³-hybridized carbons (Fsp3) is 1.00. The first-order valence-electron chi connectivity index (χ1n) is 5.17. The lowest BCUT2D eigenvalue weighted by Crippen LogP contribution is -2.38. The summed E-state index contributed by atoms with van der Waals surface area (Å²) in [6.45, 7) is 0. The molecular weight excluding hydrogens is 150 g/mol. The van der Waals surface area contributed by atoms with E-state index in [-0.39, 0.29) is 6.10 Å². The van der Waals surface area contributed by atoms with Crippen LogP contribution >= 0.6 is 0 Å². The van der Waals surface area contributed by atoms with E-state index >= 15 is 0 Å². The zero-order valence-electron chi connectivity index (χ0n) is 7.87. The average molecular weight is 169 g/mol. The first kappa shape index (κ1) is 8.52. The maximum Gasteiger partial charge on any atom is 0.0555 e. The molecule has 0 aliphatic heterocycles. The second-order valence-electron chi connectivity index (χ2n) is 4.37. The van der Waals surface area contributed by atoms with Gasteiger partial charge in [0, 0.05) is 12.1 Å². The molecule has 2 aliphatic rings. The largest absolute Gasteiger partial charge is 0.393 e. The van der Waals surface area contributed by atoms with Crippen LogP contribution in [0, 0.1) is 0 Å². The van der Waals surface area contributed by atoms with Gasteiger partial charge in [0.15, 0.2) is 0 Å². The van der Waals surface area contributed by atoms with Gasteiger partial charge in [0.05, 0.1) is 6.10 Å². The Hall–Kier alpha value is -0.0800. The van der Waals surface area contributed by atoms with Crippen LogP contribution in [0.25, 0.3) is 0 Å². The Morgan fingerprint density at radius 2 is 1.83 bits per heavy atom. The monoisotopic (exact) mass is 169 g/mol. The third-order valence-corrected chi connectivity index (χ3v) is 3.32. The molecule has 0 spiro atoms. The number of aliphatic hydroxyl groups excluding tert-OH is 1. The molecule has 70 valence electrons. The van der Waals surface area contributed by atoms with Crippen LogP contribution in [-0.4, -0.2) is 35.2 Å². The highest BCUT2D eigenvalue weighted by Crippen LogP contribution is 2.32. The van der Waals surface area contributed by atoms with Gasteiger partial charge in [-0.2, -0.15) is 0 Å². The molecule has 2 heteroatoms. The Kier molecular flexibility index (Phi) is 2.37. The smallest absolute Gasteiger partial charge is 0.0555 e. The third-order valence-electron chi connectivity index (χ3n) is 3.32. The molecule has 0 aromatic carbocycles. The van der Waals surface area contributed by atoms with Gasteiger partial charge in [-0.05, 0) is 45.6 Å². The number of aliphatic hydroxyl groups is 1. The zero-order chi connectivity index (χ0) is 8.55. The van der Waals surface area contributed by atoms with Crippen LogP contribution < -0.4 is 0 Å². The first-order valence-corrected chi connectivity index (χ1v) is 5.17. The summed E-state index contributed by atoms with van der Waals surface area (Å²) in [6, 6.07) is 1.52. The maximum absolute atomic E-state index is 9.50. The minimum absolute atomic E-state index is 0.0232. The van der Waals surface area contributed by atoms with E-state index in [0.29, 0.717) is 6.04 Å². The standard InChI is InChI=1S/C10H19NO/c1-11(8-5-6-8)9-3-2-4-10(12)7-9/h8-10,12H,2-7H2,1H3. The lowest BCUT2D eigenvalue weighted by Gasteiger charge is -2.33. The molecule has 0 saturated heterocycles. The molecule has 2 atom stereocenters. The Morgan fingerprint density at radius 1 is 1.08 bits per heavy atom. The number of hydrogen-bond donors (Lipinski definition) is 1. The summed E-state index contributed by atoms with van der Waals surface area (Å²) in [4.78, 5) is 2.49. The third kappa shape index (κ3) is 1.80. The first-order chi connectivity index (χ1) is 5.77. The molecule has 2 fully saturated rings. The van der Waals surface area contributed by atoms with Gasteiger partial charge in [-0.15, -0.1) is 0 Å². The summed E-state index contributed by atoms with van der Waals surface area (Å²) in [5, 5.41) is 9.50. The minimum Gasteiger partial charge on any atom is -0.393 e. The van der Waals surface area contributed by atoms with Crippen molar-refractivity contribution in [1.82, 2.24) is 4.90 Å². The van der Waals surface area contributed by atoms with Gasteiger partial charge in [0.25, 0.3) is 0 Å². The van der Waals surface area contributed by atoms with Crippen LogP contribution in [0.5, 0.6) is 0 Å². The zero-order valence-corrected chi connectivity index (χ0v) is 7.87. The lowest BCUT2D eigenvalue weighted by atomic mass is 9.92. The van der Waals surface area contributed by atoms with E-state index in [1.807, 2.05) is 0 Å². The highest BCUT2D eigenvalue weighted by atomic mass is 16.3. The molecule has 0 aromatic heterocycles. The van der Waals surface area contributed by atoms with E-state index in [0.717, 1.165) is 18.9 Å². The summed E-state index contributed by atoms with van der Waals surface area (Å²) in [7, 11) is 2.22. The van der Waals surface area contributed by atoms with Gasteiger partial charge in [-0.1, -0.05) is 0 Å². The van der Waals surface area contributed by atoms with Gasteiger partial charge in [-0.3, -0.25) is 0 Å². The van der Waals surface area contributed by atoms with Crippen LogP contribution in [0.2, 0.25) is 0 Å². The number of rotatable bonds is 2. The van der Waals surface area contributed by atoms with Crippen molar-refractivity contribution < 1.29 is 5.11 Å². The highest BCUT2D eigenvalue weighted by molar-refractivity contribution is 4.89. The van der Waals surface area contributed by atoms with Gasteiger partial charge >= 0.3 is 0 Å². The summed E-state index contributed by atoms with van der Waals surface area (Å²) in [5.41, 5.74) is 0. The fourth-order valence-electron chi connectivity index (χ4n) is 2.29. The van der Waals surface area contributed by atoms with Crippen molar-refractivity contribution in [3.05, 3.63) is 0 Å². The molecule has 2 saturated carbocycles. The van der Waals surface area contributed by atoms with Crippen molar-refractivity contribution in [2.75, 3.05) is 7.05 Å². The van der Waals surface area contributed by atoms with E-state index in [9.17, 15) is 5.11 Å². The van der Waals surface area contributed by atoms with E-state index < -0.39 is 0 Å². The van der Waals surface area contributed by atoms with Crippen molar-refractivity contribution >= 4 is 0 Å². The molecule has 0 radical (unpaired) electrons. The lowest BCUT2D eigenvalue weighted by molar-refractivity contribution is 0.0699. The van der Waals surface area contributed by atoms with Crippen molar-refractivity contribution in [2.24, 2.45) is 0 Å². The molecule has 0 bridgehead atoms. The van der Waals surface area contributed by atoms with Crippen molar-refractivity contribution in [3.63, 3.8) is 0 Å². The second kappa shape index (κ2) is 3.35. The number of hydrogen-bond acceptors (Lipinski definition) is 2. The fourth-order valence-corrected chi connectivity index (χ4v) is 2.29. The van der Waals surface area contributed by atoms with E-state index in [2.05, 4.69) is 11.9 Å². The summed E-state index contributed by atoms with van der Waals surface area (Å²) in [5.74, 6) is 0. The Labute approximate surface area is 74.6 Å². The van der Waals surface area contributed by atoms with Crippen LogP contribution in [0.4, 0.5) is 0 Å². The predicted octanol–water partition coefficient (Wildman–Crippen LogP) is 1.38. The Bertz CT molecular complexity index is 156. The van der Waals surface area contributed by atoms with Gasteiger partial charge in [-0.25, -0.2) is 0 Å².